The van der Waals surface area contributed by atoms with Gasteiger partial charge in [0, 0.05) is 45.7 Å². The number of nitrogens with one attached hydrogen (secondary N) is 1. The molecule has 0 fully saturated rings. The Balaban J connectivity index is 2.38. The Labute approximate surface area is 147 Å². The standard InChI is InChI=1S/C19H23N3O3/c1-21(2)16-9-7-15(8-10-16)14-17(19(24)20-11-13-25-3)22-12-5-4-6-18(22)23/h4-10,12,14H,11,13H2,1-3H3,(H,20,24). The zero-order valence-electron chi connectivity index (χ0n) is 14.7. The van der Waals surface area contributed by atoms with Gasteiger partial charge in [0.1, 0.15) is 5.70 Å². The highest BCUT2D eigenvalue weighted by molar-refractivity contribution is 6.18. The summed E-state index contributed by atoms with van der Waals surface area (Å²) in [6.45, 7) is 0.772. The summed E-state index contributed by atoms with van der Waals surface area (Å²) in [4.78, 5) is 26.7. The van der Waals surface area contributed by atoms with Gasteiger partial charge in [0.2, 0.25) is 0 Å². The maximum absolute atomic E-state index is 12.5. The van der Waals surface area contributed by atoms with E-state index >= 15 is 0 Å². The molecule has 0 bridgehead atoms. The Morgan fingerprint density at radius 3 is 2.52 bits per heavy atom. The highest BCUT2D eigenvalue weighted by atomic mass is 16.5. The molecule has 6 heteroatoms. The van der Waals surface area contributed by atoms with Gasteiger partial charge in [0.25, 0.3) is 11.5 Å². The van der Waals surface area contributed by atoms with E-state index in [4.69, 9.17) is 4.74 Å². The summed E-state index contributed by atoms with van der Waals surface area (Å²) in [6.07, 6.45) is 3.28. The fraction of sp³-hybridized carbons (Fsp3) is 0.263. The van der Waals surface area contributed by atoms with Crippen LogP contribution in [0.25, 0.3) is 11.8 Å². The summed E-state index contributed by atoms with van der Waals surface area (Å²) in [5.41, 5.74) is 1.89. The number of nitrogens with zero attached hydrogens (tertiary/aromatic N) is 2. The van der Waals surface area contributed by atoms with Crippen LogP contribution in [-0.2, 0) is 9.53 Å². The van der Waals surface area contributed by atoms with Crippen molar-refractivity contribution >= 4 is 23.4 Å². The van der Waals surface area contributed by atoms with Gasteiger partial charge in [0.05, 0.1) is 6.61 Å². The molecule has 132 valence electrons. The monoisotopic (exact) mass is 341 g/mol. The van der Waals surface area contributed by atoms with Crippen molar-refractivity contribution in [2.24, 2.45) is 0 Å². The number of methoxy groups -OCH3 is 1. The number of hydrogen-bond acceptors (Lipinski definition) is 4. The molecular formula is C19H23N3O3. The SMILES string of the molecule is COCCNC(=O)C(=Cc1ccc(N(C)C)cc1)n1ccccc1=O. The first-order chi connectivity index (χ1) is 12.0. The van der Waals surface area contributed by atoms with Crippen LogP contribution in [0.15, 0.2) is 53.5 Å². The molecule has 2 aromatic rings. The van der Waals surface area contributed by atoms with Gasteiger partial charge in [-0.2, -0.15) is 0 Å². The number of rotatable bonds is 7. The quantitative estimate of drug-likeness (QED) is 0.615. The predicted octanol–water partition coefficient (Wildman–Crippen LogP) is 1.67. The molecule has 1 amide bonds. The van der Waals surface area contributed by atoms with Crippen LogP contribution in [0.3, 0.4) is 0 Å². The topological polar surface area (TPSA) is 63.6 Å². The minimum Gasteiger partial charge on any atom is -0.383 e. The van der Waals surface area contributed by atoms with E-state index in [1.165, 1.54) is 10.6 Å². The average molecular weight is 341 g/mol. The third-order valence-electron chi connectivity index (χ3n) is 3.62. The molecule has 0 atom stereocenters. The maximum atomic E-state index is 12.5. The van der Waals surface area contributed by atoms with Crippen molar-refractivity contribution in [2.45, 2.75) is 0 Å². The summed E-state index contributed by atoms with van der Waals surface area (Å²) in [6, 6.07) is 12.5. The smallest absolute Gasteiger partial charge is 0.268 e. The average Bonchev–Trinajstić information content (AvgIpc) is 2.61. The van der Waals surface area contributed by atoms with E-state index in [2.05, 4.69) is 5.32 Å². The van der Waals surface area contributed by atoms with Crippen molar-refractivity contribution in [3.8, 4) is 0 Å². The molecule has 0 saturated carbocycles. The summed E-state index contributed by atoms with van der Waals surface area (Å²) in [7, 11) is 5.49. The second-order valence-electron chi connectivity index (χ2n) is 5.67. The zero-order valence-corrected chi connectivity index (χ0v) is 14.7. The third kappa shape index (κ3) is 5.06. The number of pyridine rings is 1. The van der Waals surface area contributed by atoms with Gasteiger partial charge >= 0.3 is 0 Å². The molecule has 0 aliphatic rings. The Hall–Kier alpha value is -2.86. The van der Waals surface area contributed by atoms with Crippen LogP contribution in [0.4, 0.5) is 5.69 Å². The number of carbonyl (C=O) groups is 1. The van der Waals surface area contributed by atoms with Crippen molar-refractivity contribution in [1.82, 2.24) is 9.88 Å². The Morgan fingerprint density at radius 1 is 1.20 bits per heavy atom. The predicted molar refractivity (Wildman–Crippen MR) is 101 cm³/mol. The molecule has 1 aromatic carbocycles. The van der Waals surface area contributed by atoms with Crippen LogP contribution in [-0.4, -0.2) is 44.8 Å². The molecule has 0 radical (unpaired) electrons. The van der Waals surface area contributed by atoms with Crippen molar-refractivity contribution in [3.05, 3.63) is 64.6 Å². The van der Waals surface area contributed by atoms with E-state index in [9.17, 15) is 9.59 Å². The number of benzene rings is 1. The first kappa shape index (κ1) is 18.5. The van der Waals surface area contributed by atoms with Gasteiger partial charge in [0.15, 0.2) is 0 Å². The lowest BCUT2D eigenvalue weighted by atomic mass is 10.1. The van der Waals surface area contributed by atoms with E-state index in [1.807, 2.05) is 43.3 Å². The lowest BCUT2D eigenvalue weighted by Crippen LogP contribution is -2.32. The highest BCUT2D eigenvalue weighted by Crippen LogP contribution is 2.16. The van der Waals surface area contributed by atoms with Crippen LogP contribution in [0.2, 0.25) is 0 Å². The van der Waals surface area contributed by atoms with E-state index in [0.29, 0.717) is 13.2 Å². The first-order valence-corrected chi connectivity index (χ1v) is 7.97. The largest absolute Gasteiger partial charge is 0.383 e. The van der Waals surface area contributed by atoms with Crippen molar-refractivity contribution in [2.75, 3.05) is 39.3 Å². The Kier molecular flexibility index (Phi) is 6.54. The van der Waals surface area contributed by atoms with Crippen LogP contribution in [0.5, 0.6) is 0 Å². The highest BCUT2D eigenvalue weighted by Gasteiger charge is 2.12. The van der Waals surface area contributed by atoms with Crippen molar-refractivity contribution in [3.63, 3.8) is 0 Å². The summed E-state index contributed by atoms with van der Waals surface area (Å²) in [5.74, 6) is -0.331. The first-order valence-electron chi connectivity index (χ1n) is 7.97. The number of carbonyl (C=O) groups excluding carboxylic acids is 1. The van der Waals surface area contributed by atoms with Gasteiger partial charge in [-0.05, 0) is 29.8 Å². The van der Waals surface area contributed by atoms with E-state index in [-0.39, 0.29) is 17.2 Å². The number of amides is 1. The molecule has 0 saturated heterocycles. The lowest BCUT2D eigenvalue weighted by Gasteiger charge is -2.13. The minimum atomic E-state index is -0.331. The van der Waals surface area contributed by atoms with E-state index in [1.54, 1.807) is 31.5 Å². The van der Waals surface area contributed by atoms with Crippen LogP contribution >= 0.6 is 0 Å². The molecule has 6 nitrogen and oxygen atoms in total. The molecule has 0 unspecified atom stereocenters. The van der Waals surface area contributed by atoms with Gasteiger partial charge in [-0.1, -0.05) is 18.2 Å². The molecular weight excluding hydrogens is 318 g/mol. The molecule has 1 N–H and O–H groups in total. The van der Waals surface area contributed by atoms with Gasteiger partial charge in [-0.25, -0.2) is 0 Å². The number of hydrogen-bond donors (Lipinski definition) is 1. The Bertz CT molecular complexity index is 792. The van der Waals surface area contributed by atoms with Crippen molar-refractivity contribution < 1.29 is 9.53 Å². The fourth-order valence-corrected chi connectivity index (χ4v) is 2.25. The molecule has 0 spiro atoms. The van der Waals surface area contributed by atoms with Crippen LogP contribution in [0, 0.1) is 0 Å². The molecule has 0 aliphatic carbocycles. The zero-order chi connectivity index (χ0) is 18.2. The third-order valence-corrected chi connectivity index (χ3v) is 3.62. The maximum Gasteiger partial charge on any atom is 0.268 e. The fourth-order valence-electron chi connectivity index (χ4n) is 2.25. The normalized spacial score (nSPS) is 11.2. The number of ether oxygens (including phenoxy) is 1. The number of aromatic nitrogens is 1. The Morgan fingerprint density at radius 2 is 1.92 bits per heavy atom. The second kappa shape index (κ2) is 8.84. The molecule has 1 heterocycles. The van der Waals surface area contributed by atoms with Crippen LogP contribution in [0.1, 0.15) is 5.56 Å². The van der Waals surface area contributed by atoms with Gasteiger partial charge in [-0.3, -0.25) is 14.2 Å². The minimum absolute atomic E-state index is 0.263. The van der Waals surface area contributed by atoms with Crippen LogP contribution < -0.4 is 15.8 Å². The van der Waals surface area contributed by atoms with Gasteiger partial charge in [-0.15, -0.1) is 0 Å². The van der Waals surface area contributed by atoms with E-state index in [0.717, 1.165) is 11.3 Å². The lowest BCUT2D eigenvalue weighted by molar-refractivity contribution is -0.116. The van der Waals surface area contributed by atoms with Gasteiger partial charge < -0.3 is 15.0 Å². The summed E-state index contributed by atoms with van der Waals surface area (Å²) >= 11 is 0. The van der Waals surface area contributed by atoms with Crippen molar-refractivity contribution in [1.29, 1.82) is 0 Å². The molecule has 0 aliphatic heterocycles. The molecule has 2 rings (SSSR count). The molecule has 1 aromatic heterocycles. The summed E-state index contributed by atoms with van der Waals surface area (Å²) in [5, 5.41) is 2.76. The second-order valence-corrected chi connectivity index (χ2v) is 5.67. The van der Waals surface area contributed by atoms with E-state index < -0.39 is 0 Å². The summed E-state index contributed by atoms with van der Waals surface area (Å²) < 4.78 is 6.28. The number of anilines is 1. The molecule has 25 heavy (non-hydrogen) atoms.